The summed E-state index contributed by atoms with van der Waals surface area (Å²) in [5.74, 6) is 1.16. The first-order valence-corrected chi connectivity index (χ1v) is 5.34. The van der Waals surface area contributed by atoms with Crippen LogP contribution in [-0.4, -0.2) is 41.6 Å². The fraction of sp³-hybridized carbons (Fsp3) is 0.636. The Balaban J connectivity index is 2.38. The summed E-state index contributed by atoms with van der Waals surface area (Å²) in [6.45, 7) is 1.34. The zero-order valence-electron chi connectivity index (χ0n) is 9.11. The van der Waals surface area contributed by atoms with Gasteiger partial charge < -0.3 is 15.3 Å². The summed E-state index contributed by atoms with van der Waals surface area (Å²) in [5, 5.41) is 11.5. The van der Waals surface area contributed by atoms with Crippen molar-refractivity contribution >= 4 is 12.0 Å². The number of nitrogens with zero attached hydrogens (tertiary/aromatic N) is 1. The van der Waals surface area contributed by atoms with Crippen molar-refractivity contribution in [2.45, 2.75) is 19.3 Å². The topological polar surface area (TPSA) is 69.6 Å². The number of likely N-dealkylation sites (tertiary alicyclic amines) is 1. The van der Waals surface area contributed by atoms with Gasteiger partial charge >= 0.3 is 12.0 Å². The fourth-order valence-corrected chi connectivity index (χ4v) is 1.72. The number of terminal acetylenes is 1. The van der Waals surface area contributed by atoms with Gasteiger partial charge in [-0.1, -0.05) is 0 Å². The lowest BCUT2D eigenvalue weighted by Crippen LogP contribution is -2.47. The molecule has 1 saturated heterocycles. The maximum Gasteiger partial charge on any atom is 0.317 e. The summed E-state index contributed by atoms with van der Waals surface area (Å²) < 4.78 is 0. The SMILES string of the molecule is C#CCCNC(=O)N1CCC[C@@H](C(=O)O)C1. The van der Waals surface area contributed by atoms with Crippen molar-refractivity contribution in [3.63, 3.8) is 0 Å². The summed E-state index contributed by atoms with van der Waals surface area (Å²) in [6, 6.07) is -0.221. The second-order valence-electron chi connectivity index (χ2n) is 3.81. The van der Waals surface area contributed by atoms with Crippen LogP contribution in [0.5, 0.6) is 0 Å². The molecule has 5 nitrogen and oxygen atoms in total. The predicted octanol–water partition coefficient (Wildman–Crippen LogP) is 0.516. The van der Waals surface area contributed by atoms with E-state index in [4.69, 9.17) is 11.5 Å². The number of carbonyl (C=O) groups is 2. The molecule has 0 aromatic carbocycles. The molecule has 0 radical (unpaired) electrons. The molecule has 1 rings (SSSR count). The Labute approximate surface area is 94.8 Å². The van der Waals surface area contributed by atoms with E-state index in [-0.39, 0.29) is 12.6 Å². The van der Waals surface area contributed by atoms with Gasteiger partial charge in [-0.2, -0.15) is 0 Å². The van der Waals surface area contributed by atoms with Gasteiger partial charge in [-0.3, -0.25) is 4.79 Å². The Morgan fingerprint density at radius 1 is 1.56 bits per heavy atom. The molecule has 1 aliphatic rings. The Kier molecular flexibility index (Phi) is 4.65. The molecule has 1 heterocycles. The Morgan fingerprint density at radius 3 is 2.94 bits per heavy atom. The van der Waals surface area contributed by atoms with E-state index in [0.717, 1.165) is 6.42 Å². The monoisotopic (exact) mass is 224 g/mol. The lowest BCUT2D eigenvalue weighted by molar-refractivity contribution is -0.143. The highest BCUT2D eigenvalue weighted by Crippen LogP contribution is 2.16. The second kappa shape index (κ2) is 6.01. The Hall–Kier alpha value is -1.70. The number of aliphatic carboxylic acids is 1. The van der Waals surface area contributed by atoms with E-state index in [1.54, 1.807) is 4.90 Å². The van der Waals surface area contributed by atoms with E-state index in [1.165, 1.54) is 0 Å². The second-order valence-corrected chi connectivity index (χ2v) is 3.81. The Morgan fingerprint density at radius 2 is 2.31 bits per heavy atom. The molecule has 1 fully saturated rings. The van der Waals surface area contributed by atoms with E-state index in [1.807, 2.05) is 0 Å². The van der Waals surface area contributed by atoms with Gasteiger partial charge in [0.15, 0.2) is 0 Å². The number of urea groups is 1. The van der Waals surface area contributed by atoms with Crippen LogP contribution >= 0.6 is 0 Å². The number of amides is 2. The lowest BCUT2D eigenvalue weighted by atomic mass is 9.99. The molecule has 2 amide bonds. The molecule has 0 spiro atoms. The first-order valence-electron chi connectivity index (χ1n) is 5.34. The molecule has 0 aromatic heterocycles. The van der Waals surface area contributed by atoms with Gasteiger partial charge in [-0.05, 0) is 12.8 Å². The van der Waals surface area contributed by atoms with Crippen LogP contribution in [0.2, 0.25) is 0 Å². The van der Waals surface area contributed by atoms with Crippen molar-refractivity contribution in [1.82, 2.24) is 10.2 Å². The maximum atomic E-state index is 11.6. The van der Waals surface area contributed by atoms with Crippen LogP contribution in [0.25, 0.3) is 0 Å². The molecule has 0 bridgehead atoms. The molecule has 16 heavy (non-hydrogen) atoms. The molecule has 88 valence electrons. The number of rotatable bonds is 3. The van der Waals surface area contributed by atoms with Crippen LogP contribution in [0.15, 0.2) is 0 Å². The summed E-state index contributed by atoms with van der Waals surface area (Å²) >= 11 is 0. The summed E-state index contributed by atoms with van der Waals surface area (Å²) in [4.78, 5) is 23.9. The minimum Gasteiger partial charge on any atom is -0.481 e. The van der Waals surface area contributed by atoms with Gasteiger partial charge in [0.05, 0.1) is 5.92 Å². The first-order chi connectivity index (χ1) is 7.65. The number of carboxylic acids is 1. The quantitative estimate of drug-likeness (QED) is 0.542. The van der Waals surface area contributed by atoms with Gasteiger partial charge in [0.25, 0.3) is 0 Å². The third-order valence-electron chi connectivity index (χ3n) is 2.60. The fourth-order valence-electron chi connectivity index (χ4n) is 1.72. The van der Waals surface area contributed by atoms with Crippen molar-refractivity contribution in [1.29, 1.82) is 0 Å². The third-order valence-corrected chi connectivity index (χ3v) is 2.60. The standard InChI is InChI=1S/C11H16N2O3/c1-2-3-6-12-11(16)13-7-4-5-9(8-13)10(14)15/h1,9H,3-8H2,(H,12,16)(H,14,15)/t9-/m1/s1. The van der Waals surface area contributed by atoms with E-state index in [0.29, 0.717) is 25.9 Å². The van der Waals surface area contributed by atoms with Gasteiger partial charge in [0, 0.05) is 26.1 Å². The molecule has 0 aliphatic carbocycles. The molecule has 1 atom stereocenters. The number of piperidine rings is 1. The van der Waals surface area contributed by atoms with E-state index in [2.05, 4.69) is 11.2 Å². The van der Waals surface area contributed by atoms with Crippen LogP contribution in [0, 0.1) is 18.3 Å². The summed E-state index contributed by atoms with van der Waals surface area (Å²) in [5.41, 5.74) is 0. The minimum absolute atomic E-state index is 0.221. The average Bonchev–Trinajstić information content (AvgIpc) is 2.29. The normalized spacial score (nSPS) is 19.9. The molecule has 0 saturated carbocycles. The number of hydrogen-bond acceptors (Lipinski definition) is 2. The molecule has 0 unspecified atom stereocenters. The highest BCUT2D eigenvalue weighted by atomic mass is 16.4. The van der Waals surface area contributed by atoms with Crippen LogP contribution in [0.3, 0.4) is 0 Å². The van der Waals surface area contributed by atoms with Crippen molar-refractivity contribution in [3.8, 4) is 12.3 Å². The minimum atomic E-state index is -0.832. The molecule has 0 aromatic rings. The largest absolute Gasteiger partial charge is 0.481 e. The van der Waals surface area contributed by atoms with E-state index in [9.17, 15) is 9.59 Å². The molecular weight excluding hydrogens is 208 g/mol. The van der Waals surface area contributed by atoms with Crippen molar-refractivity contribution in [3.05, 3.63) is 0 Å². The Bertz CT molecular complexity index is 309. The van der Waals surface area contributed by atoms with Crippen LogP contribution in [0.4, 0.5) is 4.79 Å². The zero-order valence-corrected chi connectivity index (χ0v) is 9.11. The lowest BCUT2D eigenvalue weighted by Gasteiger charge is -2.30. The van der Waals surface area contributed by atoms with Gasteiger partial charge in [0.1, 0.15) is 0 Å². The smallest absolute Gasteiger partial charge is 0.317 e. The van der Waals surface area contributed by atoms with Crippen LogP contribution in [-0.2, 0) is 4.79 Å². The zero-order chi connectivity index (χ0) is 12.0. The predicted molar refractivity (Wildman–Crippen MR) is 58.8 cm³/mol. The van der Waals surface area contributed by atoms with Gasteiger partial charge in [-0.25, -0.2) is 4.79 Å². The van der Waals surface area contributed by atoms with Crippen LogP contribution < -0.4 is 5.32 Å². The maximum absolute atomic E-state index is 11.6. The van der Waals surface area contributed by atoms with Gasteiger partial charge in [0.2, 0.25) is 0 Å². The number of carboxylic acid groups (broad SMARTS) is 1. The van der Waals surface area contributed by atoms with E-state index >= 15 is 0 Å². The van der Waals surface area contributed by atoms with Crippen molar-refractivity contribution < 1.29 is 14.7 Å². The van der Waals surface area contributed by atoms with Crippen molar-refractivity contribution in [2.75, 3.05) is 19.6 Å². The molecular formula is C11H16N2O3. The molecule has 1 aliphatic heterocycles. The average molecular weight is 224 g/mol. The number of nitrogens with one attached hydrogen (secondary N) is 1. The first kappa shape index (κ1) is 12.4. The highest BCUT2D eigenvalue weighted by Gasteiger charge is 2.27. The van der Waals surface area contributed by atoms with Crippen LogP contribution in [0.1, 0.15) is 19.3 Å². The number of hydrogen-bond donors (Lipinski definition) is 2. The molecule has 2 N–H and O–H groups in total. The van der Waals surface area contributed by atoms with Crippen molar-refractivity contribution in [2.24, 2.45) is 5.92 Å². The molecule has 5 heteroatoms. The number of carbonyl (C=O) groups excluding carboxylic acids is 1. The summed E-state index contributed by atoms with van der Waals surface area (Å²) in [7, 11) is 0. The highest BCUT2D eigenvalue weighted by molar-refractivity contribution is 5.76. The van der Waals surface area contributed by atoms with Gasteiger partial charge in [-0.15, -0.1) is 12.3 Å². The third kappa shape index (κ3) is 3.46. The summed E-state index contributed by atoms with van der Waals surface area (Å²) in [6.07, 6.45) is 6.93. The van der Waals surface area contributed by atoms with E-state index < -0.39 is 11.9 Å².